The van der Waals surface area contributed by atoms with E-state index < -0.39 is 0 Å². The average Bonchev–Trinajstić information content (AvgIpc) is 3.06. The van der Waals surface area contributed by atoms with Gasteiger partial charge < -0.3 is 14.1 Å². The highest BCUT2D eigenvalue weighted by Crippen LogP contribution is 2.22. The van der Waals surface area contributed by atoms with Gasteiger partial charge in [-0.3, -0.25) is 4.79 Å². The maximum absolute atomic E-state index is 12.9. The van der Waals surface area contributed by atoms with Gasteiger partial charge >= 0.3 is 0 Å². The lowest BCUT2D eigenvalue weighted by molar-refractivity contribution is -0.0246. The molecular formula is C20H21N3O3. The molecule has 0 N–H and O–H groups in total. The third-order valence-electron chi connectivity index (χ3n) is 4.68. The summed E-state index contributed by atoms with van der Waals surface area (Å²) in [7, 11) is 0. The van der Waals surface area contributed by atoms with E-state index in [2.05, 4.69) is 9.97 Å². The number of carbonyl (C=O) groups is 1. The van der Waals surface area contributed by atoms with Gasteiger partial charge in [-0.15, -0.1) is 0 Å². The van der Waals surface area contributed by atoms with Crippen molar-refractivity contribution in [1.29, 1.82) is 0 Å². The Morgan fingerprint density at radius 1 is 1.31 bits per heavy atom. The first-order chi connectivity index (χ1) is 12.7. The van der Waals surface area contributed by atoms with E-state index in [0.29, 0.717) is 25.3 Å². The van der Waals surface area contributed by atoms with E-state index in [4.69, 9.17) is 9.15 Å². The number of morpholine rings is 1. The minimum atomic E-state index is 0.0302. The first-order valence-electron chi connectivity index (χ1n) is 8.85. The summed E-state index contributed by atoms with van der Waals surface area (Å²) in [6.45, 7) is 3.69. The third kappa shape index (κ3) is 3.60. The smallest absolute Gasteiger partial charge is 0.254 e. The summed E-state index contributed by atoms with van der Waals surface area (Å²) in [6, 6.07) is 9.46. The van der Waals surface area contributed by atoms with Crippen molar-refractivity contribution in [3.8, 4) is 0 Å². The van der Waals surface area contributed by atoms with Gasteiger partial charge in [-0.25, -0.2) is 9.97 Å². The van der Waals surface area contributed by atoms with Crippen LogP contribution in [0.3, 0.4) is 0 Å². The Labute approximate surface area is 151 Å². The van der Waals surface area contributed by atoms with Crippen LogP contribution in [-0.4, -0.2) is 46.6 Å². The van der Waals surface area contributed by atoms with Gasteiger partial charge in [0.1, 0.15) is 17.7 Å². The van der Waals surface area contributed by atoms with Gasteiger partial charge in [-0.2, -0.15) is 0 Å². The first-order valence-corrected chi connectivity index (χ1v) is 8.85. The van der Waals surface area contributed by atoms with Crippen LogP contribution in [0.1, 0.15) is 28.2 Å². The summed E-state index contributed by atoms with van der Waals surface area (Å²) in [5, 5.41) is 0.960. The van der Waals surface area contributed by atoms with Crippen LogP contribution in [0.2, 0.25) is 0 Å². The maximum Gasteiger partial charge on any atom is 0.254 e. The summed E-state index contributed by atoms with van der Waals surface area (Å²) < 4.78 is 11.4. The van der Waals surface area contributed by atoms with E-state index in [1.807, 2.05) is 42.2 Å². The minimum Gasteiger partial charge on any atom is -0.461 e. The third-order valence-corrected chi connectivity index (χ3v) is 4.68. The Hall–Kier alpha value is -2.73. The van der Waals surface area contributed by atoms with Crippen LogP contribution < -0.4 is 0 Å². The van der Waals surface area contributed by atoms with E-state index in [0.717, 1.165) is 35.3 Å². The molecule has 3 aromatic rings. The molecule has 134 valence electrons. The number of aromatic nitrogens is 2. The Kier molecular flexibility index (Phi) is 4.67. The standard InChI is InChI=1S/C20H21N3O3/c1-14-10-16-11-15(2-5-19(16)26-14)20(24)23-8-9-25-18(12-23)4-3-17-6-7-21-13-22-17/h2,5-7,10-11,13,18H,3-4,8-9,12H2,1H3. The zero-order chi connectivity index (χ0) is 17.9. The summed E-state index contributed by atoms with van der Waals surface area (Å²) >= 11 is 0. The number of fused-ring (bicyclic) bond motifs is 1. The fourth-order valence-corrected chi connectivity index (χ4v) is 3.34. The van der Waals surface area contributed by atoms with E-state index in [1.165, 1.54) is 0 Å². The van der Waals surface area contributed by atoms with Gasteiger partial charge in [0.25, 0.3) is 5.91 Å². The number of hydrogen-bond acceptors (Lipinski definition) is 5. The van der Waals surface area contributed by atoms with Gasteiger partial charge in [0.05, 0.1) is 12.7 Å². The van der Waals surface area contributed by atoms with Gasteiger partial charge in [-0.1, -0.05) is 0 Å². The highest BCUT2D eigenvalue weighted by molar-refractivity contribution is 5.97. The Morgan fingerprint density at radius 3 is 3.08 bits per heavy atom. The fourth-order valence-electron chi connectivity index (χ4n) is 3.34. The molecule has 26 heavy (non-hydrogen) atoms. The average molecular weight is 351 g/mol. The van der Waals surface area contributed by atoms with Crippen LogP contribution in [0.5, 0.6) is 0 Å². The molecule has 1 aromatic carbocycles. The predicted octanol–water partition coefficient (Wildman–Crippen LogP) is 3.01. The molecule has 1 amide bonds. The Morgan fingerprint density at radius 2 is 2.23 bits per heavy atom. The van der Waals surface area contributed by atoms with E-state index in [-0.39, 0.29) is 12.0 Å². The highest BCUT2D eigenvalue weighted by Gasteiger charge is 2.25. The lowest BCUT2D eigenvalue weighted by Gasteiger charge is -2.33. The van der Waals surface area contributed by atoms with Crippen molar-refractivity contribution >= 4 is 16.9 Å². The molecular weight excluding hydrogens is 330 g/mol. The molecule has 0 aliphatic carbocycles. The van der Waals surface area contributed by atoms with Gasteiger partial charge in [0.2, 0.25) is 0 Å². The summed E-state index contributed by atoms with van der Waals surface area (Å²) in [5.74, 6) is 0.891. The van der Waals surface area contributed by atoms with Crippen molar-refractivity contribution in [3.05, 3.63) is 59.9 Å². The lowest BCUT2D eigenvalue weighted by Crippen LogP contribution is -2.45. The number of carbonyl (C=O) groups excluding carboxylic acids is 1. The van der Waals surface area contributed by atoms with E-state index in [1.54, 1.807) is 12.5 Å². The maximum atomic E-state index is 12.9. The van der Waals surface area contributed by atoms with Crippen LogP contribution in [0.15, 0.2) is 47.3 Å². The predicted molar refractivity (Wildman–Crippen MR) is 96.9 cm³/mol. The first kappa shape index (κ1) is 16.7. The molecule has 1 unspecified atom stereocenters. The largest absolute Gasteiger partial charge is 0.461 e. The van der Waals surface area contributed by atoms with E-state index >= 15 is 0 Å². The quantitative estimate of drug-likeness (QED) is 0.723. The fraction of sp³-hybridized carbons (Fsp3) is 0.350. The molecule has 6 nitrogen and oxygen atoms in total. The lowest BCUT2D eigenvalue weighted by atomic mass is 10.1. The molecule has 1 aliphatic rings. The van der Waals surface area contributed by atoms with Gasteiger partial charge in [0.15, 0.2) is 0 Å². The second kappa shape index (κ2) is 7.25. The van der Waals surface area contributed by atoms with Crippen molar-refractivity contribution in [2.45, 2.75) is 25.9 Å². The Bertz CT molecular complexity index is 907. The van der Waals surface area contributed by atoms with Crippen LogP contribution in [0.25, 0.3) is 11.0 Å². The molecule has 0 bridgehead atoms. The molecule has 1 fully saturated rings. The molecule has 0 radical (unpaired) electrons. The second-order valence-corrected chi connectivity index (χ2v) is 6.59. The number of rotatable bonds is 4. The molecule has 0 spiro atoms. The number of hydrogen-bond donors (Lipinski definition) is 0. The van der Waals surface area contributed by atoms with Crippen molar-refractivity contribution < 1.29 is 13.9 Å². The Balaban J connectivity index is 1.41. The molecule has 0 saturated carbocycles. The van der Waals surface area contributed by atoms with Crippen molar-refractivity contribution in [2.75, 3.05) is 19.7 Å². The molecule has 1 aliphatic heterocycles. The minimum absolute atomic E-state index is 0.0302. The molecule has 6 heteroatoms. The summed E-state index contributed by atoms with van der Waals surface area (Å²) in [6.07, 6.45) is 4.98. The normalized spacial score (nSPS) is 17.6. The summed E-state index contributed by atoms with van der Waals surface area (Å²) in [5.41, 5.74) is 2.49. The SMILES string of the molecule is Cc1cc2cc(C(=O)N3CCOC(CCc4ccncn4)C3)ccc2o1. The van der Waals surface area contributed by atoms with Crippen LogP contribution in [0.4, 0.5) is 0 Å². The number of furan rings is 1. The topological polar surface area (TPSA) is 68.5 Å². The van der Waals surface area contributed by atoms with Crippen molar-refractivity contribution in [2.24, 2.45) is 0 Å². The van der Waals surface area contributed by atoms with Crippen molar-refractivity contribution in [1.82, 2.24) is 14.9 Å². The monoisotopic (exact) mass is 351 g/mol. The second-order valence-electron chi connectivity index (χ2n) is 6.59. The summed E-state index contributed by atoms with van der Waals surface area (Å²) in [4.78, 5) is 22.9. The van der Waals surface area contributed by atoms with Crippen molar-refractivity contribution in [3.63, 3.8) is 0 Å². The number of ether oxygens (including phenoxy) is 1. The van der Waals surface area contributed by atoms with Gasteiger partial charge in [0, 0.05) is 35.9 Å². The molecule has 4 rings (SSSR count). The molecule has 1 atom stereocenters. The molecule has 2 aromatic heterocycles. The number of amides is 1. The van der Waals surface area contributed by atoms with Crippen LogP contribution in [-0.2, 0) is 11.2 Å². The highest BCUT2D eigenvalue weighted by atomic mass is 16.5. The zero-order valence-electron chi connectivity index (χ0n) is 14.7. The number of aryl methyl sites for hydroxylation is 2. The van der Waals surface area contributed by atoms with E-state index in [9.17, 15) is 4.79 Å². The van der Waals surface area contributed by atoms with Crippen LogP contribution >= 0.6 is 0 Å². The van der Waals surface area contributed by atoms with Crippen LogP contribution in [0, 0.1) is 6.92 Å². The molecule has 3 heterocycles. The van der Waals surface area contributed by atoms with Gasteiger partial charge in [-0.05, 0) is 50.1 Å². The number of benzene rings is 1. The number of nitrogens with zero attached hydrogens (tertiary/aromatic N) is 3. The zero-order valence-corrected chi connectivity index (χ0v) is 14.7. The molecule has 1 saturated heterocycles.